The van der Waals surface area contributed by atoms with Crippen molar-refractivity contribution in [3.05, 3.63) is 63.8 Å². The molecule has 94 valence electrons. The lowest BCUT2D eigenvalue weighted by Crippen LogP contribution is -1.99. The van der Waals surface area contributed by atoms with Gasteiger partial charge in [-0.05, 0) is 29.8 Å². The van der Waals surface area contributed by atoms with Crippen molar-refractivity contribution in [1.82, 2.24) is 4.98 Å². The summed E-state index contributed by atoms with van der Waals surface area (Å²) in [5.74, 6) is 0.253. The zero-order valence-electron chi connectivity index (χ0n) is 9.81. The number of nitriles is 1. The van der Waals surface area contributed by atoms with Gasteiger partial charge in [-0.3, -0.25) is 10.1 Å². The standard InChI is InChI=1S/C13H9N3O3/c14-8-11-2-1-7-15-13(11)19-9-10-3-5-12(6-4-10)16(17)18/h1-7H,9H2. The van der Waals surface area contributed by atoms with E-state index in [2.05, 4.69) is 4.98 Å². The number of rotatable bonds is 4. The van der Waals surface area contributed by atoms with Gasteiger partial charge >= 0.3 is 0 Å². The van der Waals surface area contributed by atoms with Crippen LogP contribution in [0.15, 0.2) is 42.6 Å². The normalized spacial score (nSPS) is 9.63. The minimum atomic E-state index is -0.461. The molecule has 6 nitrogen and oxygen atoms in total. The molecule has 2 aromatic rings. The molecule has 0 amide bonds. The van der Waals surface area contributed by atoms with Crippen LogP contribution in [0.3, 0.4) is 0 Å². The van der Waals surface area contributed by atoms with Crippen LogP contribution in [0.2, 0.25) is 0 Å². The van der Waals surface area contributed by atoms with Crippen LogP contribution in [0, 0.1) is 21.4 Å². The number of nitro benzene ring substituents is 1. The Morgan fingerprint density at radius 2 is 2.05 bits per heavy atom. The molecule has 1 heterocycles. The molecule has 0 fully saturated rings. The topological polar surface area (TPSA) is 89.0 Å². The fourth-order valence-electron chi connectivity index (χ4n) is 1.46. The van der Waals surface area contributed by atoms with E-state index in [4.69, 9.17) is 10.00 Å². The molecular weight excluding hydrogens is 246 g/mol. The van der Waals surface area contributed by atoms with E-state index in [0.29, 0.717) is 5.56 Å². The van der Waals surface area contributed by atoms with Crippen molar-refractivity contribution in [2.24, 2.45) is 0 Å². The zero-order chi connectivity index (χ0) is 13.7. The van der Waals surface area contributed by atoms with Crippen LogP contribution in [0.25, 0.3) is 0 Å². The number of benzene rings is 1. The molecule has 0 saturated heterocycles. The summed E-state index contributed by atoms with van der Waals surface area (Å²) in [6, 6.07) is 11.3. The highest BCUT2D eigenvalue weighted by Crippen LogP contribution is 2.16. The van der Waals surface area contributed by atoms with Gasteiger partial charge in [0.1, 0.15) is 18.2 Å². The maximum absolute atomic E-state index is 10.5. The van der Waals surface area contributed by atoms with Gasteiger partial charge in [-0.15, -0.1) is 0 Å². The highest BCUT2D eigenvalue weighted by Gasteiger charge is 2.06. The summed E-state index contributed by atoms with van der Waals surface area (Å²) < 4.78 is 5.41. The zero-order valence-corrected chi connectivity index (χ0v) is 9.81. The number of aromatic nitrogens is 1. The van der Waals surface area contributed by atoms with Crippen LogP contribution < -0.4 is 4.74 Å². The number of nitro groups is 1. The van der Waals surface area contributed by atoms with Gasteiger partial charge in [0.2, 0.25) is 5.88 Å². The van der Waals surface area contributed by atoms with Crippen LogP contribution in [0.1, 0.15) is 11.1 Å². The van der Waals surface area contributed by atoms with E-state index < -0.39 is 4.92 Å². The van der Waals surface area contributed by atoms with Crippen molar-refractivity contribution in [1.29, 1.82) is 5.26 Å². The lowest BCUT2D eigenvalue weighted by molar-refractivity contribution is -0.384. The Morgan fingerprint density at radius 1 is 1.32 bits per heavy atom. The molecule has 0 saturated carbocycles. The number of nitrogens with zero attached hydrogens (tertiary/aromatic N) is 3. The van der Waals surface area contributed by atoms with Crippen molar-refractivity contribution >= 4 is 5.69 Å². The second-order valence-electron chi connectivity index (χ2n) is 3.68. The smallest absolute Gasteiger partial charge is 0.269 e. The van der Waals surface area contributed by atoms with Crippen molar-refractivity contribution in [2.75, 3.05) is 0 Å². The molecule has 0 radical (unpaired) electrons. The van der Waals surface area contributed by atoms with Crippen molar-refractivity contribution in [3.63, 3.8) is 0 Å². The van der Waals surface area contributed by atoms with Crippen molar-refractivity contribution in [2.45, 2.75) is 6.61 Å². The third kappa shape index (κ3) is 3.04. The van der Waals surface area contributed by atoms with Gasteiger partial charge in [-0.2, -0.15) is 5.26 Å². The molecule has 0 spiro atoms. The molecule has 2 rings (SSSR count). The fraction of sp³-hybridized carbons (Fsp3) is 0.0769. The van der Waals surface area contributed by atoms with Crippen molar-refractivity contribution in [3.8, 4) is 11.9 Å². The summed E-state index contributed by atoms with van der Waals surface area (Å²) in [4.78, 5) is 14.0. The predicted octanol–water partition coefficient (Wildman–Crippen LogP) is 2.44. The molecule has 0 aliphatic carbocycles. The van der Waals surface area contributed by atoms with E-state index in [0.717, 1.165) is 5.56 Å². The van der Waals surface area contributed by atoms with Crippen LogP contribution in [0.4, 0.5) is 5.69 Å². The van der Waals surface area contributed by atoms with Gasteiger partial charge in [-0.25, -0.2) is 4.98 Å². The second-order valence-corrected chi connectivity index (χ2v) is 3.68. The molecular formula is C13H9N3O3. The number of ether oxygens (including phenoxy) is 1. The van der Waals surface area contributed by atoms with E-state index in [1.165, 1.54) is 18.3 Å². The summed E-state index contributed by atoms with van der Waals surface area (Å²) >= 11 is 0. The highest BCUT2D eigenvalue weighted by atomic mass is 16.6. The van der Waals surface area contributed by atoms with Crippen LogP contribution >= 0.6 is 0 Å². The average Bonchev–Trinajstić information content (AvgIpc) is 2.45. The van der Waals surface area contributed by atoms with Crippen LogP contribution in [0.5, 0.6) is 5.88 Å². The quantitative estimate of drug-likeness (QED) is 0.618. The summed E-state index contributed by atoms with van der Waals surface area (Å²) in [6.07, 6.45) is 1.53. The minimum Gasteiger partial charge on any atom is -0.472 e. The highest BCUT2D eigenvalue weighted by molar-refractivity contribution is 5.37. The largest absolute Gasteiger partial charge is 0.472 e. The number of non-ortho nitro benzene ring substituents is 1. The number of hydrogen-bond acceptors (Lipinski definition) is 5. The van der Waals surface area contributed by atoms with E-state index in [-0.39, 0.29) is 18.2 Å². The first-order chi connectivity index (χ1) is 9.20. The Kier molecular flexibility index (Phi) is 3.69. The molecule has 6 heteroatoms. The Morgan fingerprint density at radius 3 is 2.68 bits per heavy atom. The lowest BCUT2D eigenvalue weighted by atomic mass is 10.2. The third-order valence-corrected chi connectivity index (χ3v) is 2.41. The Hall–Kier alpha value is -2.94. The molecule has 0 N–H and O–H groups in total. The maximum Gasteiger partial charge on any atom is 0.269 e. The second kappa shape index (κ2) is 5.60. The monoisotopic (exact) mass is 255 g/mol. The van der Waals surface area contributed by atoms with Gasteiger partial charge in [-0.1, -0.05) is 0 Å². The Bertz CT molecular complexity index is 632. The van der Waals surface area contributed by atoms with E-state index in [1.54, 1.807) is 24.3 Å². The summed E-state index contributed by atoms with van der Waals surface area (Å²) in [7, 11) is 0. The van der Waals surface area contributed by atoms with Gasteiger partial charge in [0.05, 0.1) is 4.92 Å². The Labute approximate surface area is 109 Å². The lowest BCUT2D eigenvalue weighted by Gasteiger charge is -2.06. The first-order valence-electron chi connectivity index (χ1n) is 5.42. The predicted molar refractivity (Wildman–Crippen MR) is 66.4 cm³/mol. The van der Waals surface area contributed by atoms with Gasteiger partial charge in [0.25, 0.3) is 5.69 Å². The third-order valence-electron chi connectivity index (χ3n) is 2.41. The first kappa shape index (κ1) is 12.5. The average molecular weight is 255 g/mol. The molecule has 1 aromatic heterocycles. The summed E-state index contributed by atoms with van der Waals surface area (Å²) in [6.45, 7) is 0.198. The van der Waals surface area contributed by atoms with E-state index in [9.17, 15) is 10.1 Å². The first-order valence-corrected chi connectivity index (χ1v) is 5.42. The summed E-state index contributed by atoms with van der Waals surface area (Å²) in [5, 5.41) is 19.4. The molecule has 0 aliphatic heterocycles. The molecule has 1 aromatic carbocycles. The van der Waals surface area contributed by atoms with Crippen LogP contribution in [-0.4, -0.2) is 9.91 Å². The van der Waals surface area contributed by atoms with Gasteiger partial charge in [0.15, 0.2) is 0 Å². The molecule has 0 unspecified atom stereocenters. The maximum atomic E-state index is 10.5. The van der Waals surface area contributed by atoms with E-state index in [1.807, 2.05) is 6.07 Å². The Balaban J connectivity index is 2.06. The number of hydrogen-bond donors (Lipinski definition) is 0. The van der Waals surface area contributed by atoms with Gasteiger partial charge in [0, 0.05) is 18.3 Å². The van der Waals surface area contributed by atoms with Gasteiger partial charge < -0.3 is 4.74 Å². The van der Waals surface area contributed by atoms with E-state index >= 15 is 0 Å². The molecule has 0 atom stereocenters. The SMILES string of the molecule is N#Cc1cccnc1OCc1ccc([N+](=O)[O-])cc1. The van der Waals surface area contributed by atoms with Crippen molar-refractivity contribution < 1.29 is 9.66 Å². The molecule has 0 aliphatic rings. The molecule has 19 heavy (non-hydrogen) atoms. The minimum absolute atomic E-state index is 0.0271. The fourth-order valence-corrected chi connectivity index (χ4v) is 1.46. The van der Waals surface area contributed by atoms with Crippen LogP contribution in [-0.2, 0) is 6.61 Å². The summed E-state index contributed by atoms with van der Waals surface area (Å²) in [5.41, 5.74) is 1.14. The molecule has 0 bridgehead atoms. The number of pyridine rings is 1.